The number of ketones is 1. The lowest BCUT2D eigenvalue weighted by molar-refractivity contribution is -0.151. The molecule has 2 heterocycles. The van der Waals surface area contributed by atoms with Crippen molar-refractivity contribution in [3.63, 3.8) is 0 Å². The van der Waals surface area contributed by atoms with Crippen LogP contribution < -0.4 is 5.32 Å². The minimum absolute atomic E-state index is 0.0270. The highest BCUT2D eigenvalue weighted by Gasteiger charge is 2.75. The number of hydrogen-bond donors (Lipinski definition) is 1. The van der Waals surface area contributed by atoms with Crippen LogP contribution in [0.4, 0.5) is 13.2 Å². The Labute approximate surface area is 242 Å². The third kappa shape index (κ3) is 5.20. The summed E-state index contributed by atoms with van der Waals surface area (Å²) in [5.41, 5.74) is -0.942. The Kier molecular flexibility index (Phi) is 6.67. The van der Waals surface area contributed by atoms with Gasteiger partial charge in [-0.1, -0.05) is 23.7 Å². The second kappa shape index (κ2) is 9.54. The van der Waals surface area contributed by atoms with Crippen molar-refractivity contribution in [2.45, 2.75) is 106 Å². The summed E-state index contributed by atoms with van der Waals surface area (Å²) in [5.74, 6) is 0.335. The fourth-order valence-electron chi connectivity index (χ4n) is 6.67. The van der Waals surface area contributed by atoms with Crippen LogP contribution in [0.2, 0.25) is 5.02 Å². The van der Waals surface area contributed by atoms with Gasteiger partial charge in [0.1, 0.15) is 11.9 Å². The number of rotatable bonds is 11. The van der Waals surface area contributed by atoms with Gasteiger partial charge in [-0.3, -0.25) is 14.5 Å². The maximum atomic E-state index is 14.0. The number of nitrogens with one attached hydrogen (secondary N) is 1. The van der Waals surface area contributed by atoms with Gasteiger partial charge in [-0.25, -0.2) is 8.42 Å². The SMILES string of the molecule is CC1(C)NC(C23CC(N(Cc4ccc(Cl)cc4)S(=O)(=O)c4ccn(C5CC5)n4)(C2)C3)=N[C@H]1C(=O)CCCC(F)(F)F. The van der Waals surface area contributed by atoms with E-state index < -0.39 is 39.7 Å². The van der Waals surface area contributed by atoms with Gasteiger partial charge in [-0.05, 0) is 76.1 Å². The van der Waals surface area contributed by atoms with Gasteiger partial charge in [0.25, 0.3) is 10.0 Å². The Bertz CT molecular complexity index is 1480. The summed E-state index contributed by atoms with van der Waals surface area (Å²) in [5, 5.41) is 8.36. The zero-order chi connectivity index (χ0) is 29.4. The van der Waals surface area contributed by atoms with E-state index in [2.05, 4.69) is 10.4 Å². The number of aliphatic imine (C=N–C) groups is 1. The normalized spacial score (nSPS) is 28.6. The topological polar surface area (TPSA) is 96.7 Å². The standard InChI is InChI=1S/C28H33ClF3N5O3S/c1-25(2)23(21(38)4-3-12-28(30,31)32)33-24(34-25)26-15-27(16-26,17-26)37(14-18-5-7-19(29)8-6-18)41(39,40)22-11-13-36(35-22)20-9-10-20/h5-8,11,13,20,23H,3-4,9-10,12,14-17H2,1-2H3,(H,33,34)/t23-,26?,27?/m0/s1. The zero-order valence-corrected chi connectivity index (χ0v) is 24.5. The molecule has 2 aromatic rings. The van der Waals surface area contributed by atoms with Gasteiger partial charge in [0, 0.05) is 41.6 Å². The van der Waals surface area contributed by atoms with Crippen LogP contribution in [0.15, 0.2) is 46.5 Å². The van der Waals surface area contributed by atoms with Crippen molar-refractivity contribution in [3.05, 3.63) is 47.1 Å². The number of amidine groups is 1. The van der Waals surface area contributed by atoms with Crippen molar-refractivity contribution in [2.24, 2.45) is 10.4 Å². The molecule has 0 spiro atoms. The minimum atomic E-state index is -4.30. The highest BCUT2D eigenvalue weighted by atomic mass is 35.5. The number of aromatic nitrogens is 2. The predicted octanol–water partition coefficient (Wildman–Crippen LogP) is 5.44. The summed E-state index contributed by atoms with van der Waals surface area (Å²) in [4.78, 5) is 17.6. The van der Waals surface area contributed by atoms with E-state index in [9.17, 15) is 26.4 Å². The molecular formula is C28H33ClF3N5O3S. The number of benzene rings is 1. The molecule has 0 radical (unpaired) electrons. The monoisotopic (exact) mass is 611 g/mol. The quantitative estimate of drug-likeness (QED) is 0.365. The number of carbonyl (C=O) groups excluding carboxylic acids is 1. The number of halogens is 4. The second-order valence-corrected chi connectivity index (χ2v) is 14.9. The number of Topliss-reactive ketones (excluding diaryl/α,β-unsaturated/α-hetero) is 1. The van der Waals surface area contributed by atoms with Crippen LogP contribution in [0.5, 0.6) is 0 Å². The number of carbonyl (C=O) groups is 1. The van der Waals surface area contributed by atoms with Gasteiger partial charge in [0.15, 0.2) is 10.8 Å². The second-order valence-electron chi connectivity index (χ2n) is 12.7. The van der Waals surface area contributed by atoms with E-state index in [4.69, 9.17) is 16.6 Å². The van der Waals surface area contributed by atoms with Gasteiger partial charge in [0.2, 0.25) is 0 Å². The largest absolute Gasteiger partial charge is 0.389 e. The lowest BCUT2D eigenvalue weighted by Gasteiger charge is -2.72. The molecule has 1 N–H and O–H groups in total. The Hall–Kier alpha value is -2.44. The zero-order valence-electron chi connectivity index (χ0n) is 22.9. The molecule has 1 aromatic carbocycles. The molecule has 0 unspecified atom stereocenters. The fraction of sp³-hybridized carbons (Fsp3) is 0.607. The van der Waals surface area contributed by atoms with Crippen LogP contribution in [-0.2, 0) is 21.4 Å². The van der Waals surface area contributed by atoms with Gasteiger partial charge in [0.05, 0.1) is 11.6 Å². The van der Waals surface area contributed by atoms with Gasteiger partial charge < -0.3 is 5.32 Å². The molecule has 7 rings (SSSR count). The van der Waals surface area contributed by atoms with E-state index in [0.29, 0.717) is 30.1 Å². The van der Waals surface area contributed by atoms with E-state index in [1.165, 1.54) is 0 Å². The third-order valence-corrected chi connectivity index (χ3v) is 11.0. The summed E-state index contributed by atoms with van der Waals surface area (Å²) in [6.07, 6.45) is -0.455. The Balaban J connectivity index is 1.21. The molecule has 4 saturated carbocycles. The molecule has 1 aromatic heterocycles. The van der Waals surface area contributed by atoms with Crippen LogP contribution in [-0.4, -0.2) is 57.4 Å². The molecule has 1 atom stereocenters. The molecule has 0 saturated heterocycles. The Morgan fingerprint density at radius 1 is 1.15 bits per heavy atom. The highest BCUT2D eigenvalue weighted by molar-refractivity contribution is 7.89. The summed E-state index contributed by atoms with van der Waals surface area (Å²) in [7, 11) is -3.93. The first-order chi connectivity index (χ1) is 19.1. The van der Waals surface area contributed by atoms with E-state index in [-0.39, 0.29) is 41.7 Å². The molecule has 222 valence electrons. The first-order valence-corrected chi connectivity index (χ1v) is 15.7. The molecule has 0 amide bonds. The number of sulfonamides is 1. The van der Waals surface area contributed by atoms with E-state index in [1.54, 1.807) is 33.4 Å². The lowest BCUT2D eigenvalue weighted by atomic mass is 9.38. The van der Waals surface area contributed by atoms with Gasteiger partial charge >= 0.3 is 6.18 Å². The molecule has 1 aliphatic heterocycles. The maximum absolute atomic E-state index is 14.0. The van der Waals surface area contributed by atoms with E-state index in [1.807, 2.05) is 26.0 Å². The summed E-state index contributed by atoms with van der Waals surface area (Å²) >= 11 is 6.07. The first kappa shape index (κ1) is 28.7. The van der Waals surface area contributed by atoms with Crippen LogP contribution in [0.25, 0.3) is 0 Å². The van der Waals surface area contributed by atoms with Crippen molar-refractivity contribution < 1.29 is 26.4 Å². The summed E-state index contributed by atoms with van der Waals surface area (Å²) in [6.45, 7) is 3.81. The van der Waals surface area contributed by atoms with Crippen molar-refractivity contribution in [2.75, 3.05) is 0 Å². The molecule has 5 aliphatic rings. The van der Waals surface area contributed by atoms with E-state index in [0.717, 1.165) is 18.4 Å². The van der Waals surface area contributed by atoms with Gasteiger partial charge in [-0.15, -0.1) is 0 Å². The molecule has 2 bridgehead atoms. The van der Waals surface area contributed by atoms with Crippen LogP contribution in [0.3, 0.4) is 0 Å². The average molecular weight is 612 g/mol. The number of hydrogen-bond acceptors (Lipinski definition) is 6. The molecule has 4 fully saturated rings. The predicted molar refractivity (Wildman–Crippen MR) is 147 cm³/mol. The van der Waals surface area contributed by atoms with Crippen LogP contribution in [0.1, 0.15) is 76.8 Å². The molecule has 4 aliphatic carbocycles. The fourth-order valence-corrected chi connectivity index (χ4v) is 8.47. The van der Waals surface area contributed by atoms with Crippen molar-refractivity contribution in [3.8, 4) is 0 Å². The third-order valence-electron chi connectivity index (χ3n) is 8.90. The maximum Gasteiger partial charge on any atom is 0.389 e. The van der Waals surface area contributed by atoms with Crippen molar-refractivity contribution >= 4 is 33.2 Å². The molecular weight excluding hydrogens is 579 g/mol. The van der Waals surface area contributed by atoms with Gasteiger partial charge in [-0.2, -0.15) is 22.6 Å². The average Bonchev–Trinajstić information content (AvgIpc) is 3.45. The number of alkyl halides is 3. The minimum Gasteiger partial charge on any atom is -0.366 e. The Morgan fingerprint density at radius 2 is 1.80 bits per heavy atom. The lowest BCUT2D eigenvalue weighted by Crippen LogP contribution is -2.78. The Morgan fingerprint density at radius 3 is 2.41 bits per heavy atom. The summed E-state index contributed by atoms with van der Waals surface area (Å²) in [6, 6.07) is 8.13. The number of nitrogens with zero attached hydrogens (tertiary/aromatic N) is 4. The summed E-state index contributed by atoms with van der Waals surface area (Å²) < 4.78 is 69.1. The van der Waals surface area contributed by atoms with Crippen LogP contribution >= 0.6 is 11.6 Å². The van der Waals surface area contributed by atoms with Crippen LogP contribution in [0, 0.1) is 5.41 Å². The van der Waals surface area contributed by atoms with Crippen molar-refractivity contribution in [1.82, 2.24) is 19.4 Å². The smallest absolute Gasteiger partial charge is 0.366 e. The molecule has 13 heteroatoms. The first-order valence-electron chi connectivity index (χ1n) is 13.9. The molecule has 41 heavy (non-hydrogen) atoms. The van der Waals surface area contributed by atoms with Crippen molar-refractivity contribution in [1.29, 1.82) is 0 Å². The highest BCUT2D eigenvalue weighted by Crippen LogP contribution is 2.71. The molecule has 8 nitrogen and oxygen atoms in total. The van der Waals surface area contributed by atoms with E-state index >= 15 is 0 Å².